The van der Waals surface area contributed by atoms with E-state index in [1.54, 1.807) is 6.92 Å². The van der Waals surface area contributed by atoms with Gasteiger partial charge in [0.25, 0.3) is 0 Å². The van der Waals surface area contributed by atoms with E-state index in [1.165, 1.54) is 48.5 Å². The van der Waals surface area contributed by atoms with E-state index in [-0.39, 0.29) is 15.5 Å². The molecule has 0 aliphatic carbocycles. The summed E-state index contributed by atoms with van der Waals surface area (Å²) in [5, 5.41) is 0.287. The molecule has 1 aliphatic rings. The lowest BCUT2D eigenvalue weighted by molar-refractivity contribution is -0.161. The summed E-state index contributed by atoms with van der Waals surface area (Å²) in [5.74, 6) is -4.44. The van der Waals surface area contributed by atoms with Crippen molar-refractivity contribution in [2.45, 2.75) is 30.0 Å². The number of carbonyl (C=O) groups is 1. The van der Waals surface area contributed by atoms with Gasteiger partial charge in [0.2, 0.25) is 21.7 Å². The SMILES string of the molecule is COC(=O)[C@@H]1OC(C(F)(F)F)=C(S(=O)(=O)c2ccc(C)cc2)[C@H]1c1ccc(Cl)cc1. The molecule has 30 heavy (non-hydrogen) atoms. The van der Waals surface area contributed by atoms with Crippen LogP contribution in [0, 0.1) is 6.92 Å². The van der Waals surface area contributed by atoms with Gasteiger partial charge < -0.3 is 9.47 Å². The van der Waals surface area contributed by atoms with Gasteiger partial charge in [-0.15, -0.1) is 0 Å². The normalized spacial score (nSPS) is 19.5. The van der Waals surface area contributed by atoms with Gasteiger partial charge in [-0.25, -0.2) is 13.2 Å². The molecule has 0 N–H and O–H groups in total. The Balaban J connectivity index is 2.29. The quantitative estimate of drug-likeness (QED) is 0.626. The standard InChI is InChI=1S/C20H16ClF3O5S/c1-11-3-9-14(10-4-11)30(26,27)17-15(12-5-7-13(21)8-6-12)16(19(25)28-2)29-18(17)20(22,23)24/h3-10,15-16H,1-2H3/t15-,16+/m0/s1. The maximum atomic E-state index is 13.8. The number of benzene rings is 2. The number of hydrogen-bond donors (Lipinski definition) is 0. The molecule has 5 nitrogen and oxygen atoms in total. The van der Waals surface area contributed by atoms with Gasteiger partial charge in [0, 0.05) is 5.02 Å². The van der Waals surface area contributed by atoms with Crippen molar-refractivity contribution < 1.29 is 35.9 Å². The fraction of sp³-hybridized carbons (Fsp3) is 0.250. The van der Waals surface area contributed by atoms with Gasteiger partial charge in [0.1, 0.15) is 4.91 Å². The Morgan fingerprint density at radius 3 is 2.13 bits per heavy atom. The average Bonchev–Trinajstić information content (AvgIpc) is 3.10. The van der Waals surface area contributed by atoms with Crippen molar-refractivity contribution in [2.24, 2.45) is 0 Å². The molecule has 0 fully saturated rings. The first-order chi connectivity index (χ1) is 14.0. The number of ether oxygens (including phenoxy) is 2. The number of sulfone groups is 1. The van der Waals surface area contributed by atoms with Crippen LogP contribution in [-0.4, -0.2) is 33.8 Å². The molecule has 0 bridgehead atoms. The lowest BCUT2D eigenvalue weighted by Gasteiger charge is -2.20. The topological polar surface area (TPSA) is 69.7 Å². The van der Waals surface area contributed by atoms with Crippen LogP contribution in [0.15, 0.2) is 64.1 Å². The molecule has 0 saturated carbocycles. The van der Waals surface area contributed by atoms with E-state index in [0.29, 0.717) is 0 Å². The number of rotatable bonds is 4. The van der Waals surface area contributed by atoms with E-state index < -0.39 is 44.7 Å². The average molecular weight is 461 g/mol. The number of allylic oxidation sites excluding steroid dienone is 1. The Labute approximate surface area is 176 Å². The van der Waals surface area contributed by atoms with Crippen molar-refractivity contribution in [3.63, 3.8) is 0 Å². The van der Waals surface area contributed by atoms with E-state index in [1.807, 2.05) is 0 Å². The van der Waals surface area contributed by atoms with Crippen molar-refractivity contribution in [1.82, 2.24) is 0 Å². The first-order valence-corrected chi connectivity index (χ1v) is 10.5. The number of methoxy groups -OCH3 is 1. The van der Waals surface area contributed by atoms with Crippen LogP contribution in [0.4, 0.5) is 13.2 Å². The van der Waals surface area contributed by atoms with Crippen molar-refractivity contribution in [3.05, 3.63) is 75.3 Å². The van der Waals surface area contributed by atoms with Crippen molar-refractivity contribution in [3.8, 4) is 0 Å². The van der Waals surface area contributed by atoms with Gasteiger partial charge in [-0.1, -0.05) is 41.4 Å². The summed E-state index contributed by atoms with van der Waals surface area (Å²) in [6.45, 7) is 1.71. The molecule has 0 radical (unpaired) electrons. The summed E-state index contributed by atoms with van der Waals surface area (Å²) in [7, 11) is -3.70. The van der Waals surface area contributed by atoms with Crippen LogP contribution in [0.1, 0.15) is 17.0 Å². The maximum absolute atomic E-state index is 13.8. The lowest BCUT2D eigenvalue weighted by Crippen LogP contribution is -2.30. The maximum Gasteiger partial charge on any atom is 0.450 e. The van der Waals surface area contributed by atoms with E-state index >= 15 is 0 Å². The summed E-state index contributed by atoms with van der Waals surface area (Å²) in [4.78, 5) is 10.8. The predicted molar refractivity (Wildman–Crippen MR) is 103 cm³/mol. The Morgan fingerprint density at radius 2 is 1.63 bits per heavy atom. The smallest absolute Gasteiger partial charge is 0.450 e. The van der Waals surface area contributed by atoms with Gasteiger partial charge in [0.15, 0.2) is 0 Å². The second-order valence-electron chi connectivity index (χ2n) is 6.60. The summed E-state index contributed by atoms with van der Waals surface area (Å²) in [6.07, 6.45) is -6.98. The van der Waals surface area contributed by atoms with E-state index in [2.05, 4.69) is 4.74 Å². The minimum absolute atomic E-state index is 0.111. The van der Waals surface area contributed by atoms with Crippen molar-refractivity contribution in [2.75, 3.05) is 7.11 Å². The van der Waals surface area contributed by atoms with Crippen molar-refractivity contribution >= 4 is 27.4 Å². The van der Waals surface area contributed by atoms with E-state index in [0.717, 1.165) is 12.7 Å². The highest BCUT2D eigenvalue weighted by Gasteiger charge is 2.56. The fourth-order valence-electron chi connectivity index (χ4n) is 3.17. The summed E-state index contributed by atoms with van der Waals surface area (Å²) in [6, 6.07) is 10.8. The molecule has 2 atom stereocenters. The highest BCUT2D eigenvalue weighted by Crippen LogP contribution is 2.49. The summed E-state index contributed by atoms with van der Waals surface area (Å²) >= 11 is 5.85. The molecular weight excluding hydrogens is 445 g/mol. The third-order valence-corrected chi connectivity index (χ3v) is 6.76. The third kappa shape index (κ3) is 4.04. The first kappa shape index (κ1) is 22.2. The molecule has 0 saturated heterocycles. The lowest BCUT2D eigenvalue weighted by atomic mass is 9.94. The minimum Gasteiger partial charge on any atom is -0.472 e. The number of alkyl halides is 3. The monoisotopic (exact) mass is 460 g/mol. The van der Waals surface area contributed by atoms with Crippen LogP contribution < -0.4 is 0 Å². The fourth-order valence-corrected chi connectivity index (χ4v) is 5.04. The molecule has 2 aromatic carbocycles. The molecule has 0 unspecified atom stereocenters. The number of aryl methyl sites for hydroxylation is 1. The predicted octanol–water partition coefficient (Wildman–Crippen LogP) is 4.55. The second kappa shape index (κ2) is 7.96. The Bertz CT molecular complexity index is 1090. The van der Waals surface area contributed by atoms with Gasteiger partial charge >= 0.3 is 12.1 Å². The van der Waals surface area contributed by atoms with Gasteiger partial charge in [-0.2, -0.15) is 13.2 Å². The van der Waals surface area contributed by atoms with Crippen molar-refractivity contribution in [1.29, 1.82) is 0 Å². The van der Waals surface area contributed by atoms with Gasteiger partial charge in [-0.05, 0) is 36.8 Å². The highest BCUT2D eigenvalue weighted by molar-refractivity contribution is 7.95. The van der Waals surface area contributed by atoms with Gasteiger partial charge in [-0.3, -0.25) is 0 Å². The van der Waals surface area contributed by atoms with E-state index in [9.17, 15) is 26.4 Å². The van der Waals surface area contributed by atoms with Crippen LogP contribution in [0.2, 0.25) is 5.02 Å². The molecule has 2 aromatic rings. The largest absolute Gasteiger partial charge is 0.472 e. The molecule has 160 valence electrons. The highest BCUT2D eigenvalue weighted by atomic mass is 35.5. The molecular formula is C20H16ClF3O5S. The molecule has 1 aliphatic heterocycles. The minimum atomic E-state index is -5.15. The summed E-state index contributed by atoms with van der Waals surface area (Å²) in [5.41, 5.74) is 0.836. The molecule has 3 rings (SSSR count). The van der Waals surface area contributed by atoms with Crippen LogP contribution >= 0.6 is 11.6 Å². The Kier molecular flexibility index (Phi) is 5.88. The third-order valence-electron chi connectivity index (χ3n) is 4.59. The first-order valence-electron chi connectivity index (χ1n) is 8.60. The number of hydrogen-bond acceptors (Lipinski definition) is 5. The molecule has 1 heterocycles. The number of halogens is 4. The molecule has 0 amide bonds. The zero-order valence-electron chi connectivity index (χ0n) is 15.7. The number of carbonyl (C=O) groups excluding carboxylic acids is 1. The molecule has 0 spiro atoms. The summed E-state index contributed by atoms with van der Waals surface area (Å²) < 4.78 is 77.4. The molecule has 0 aromatic heterocycles. The van der Waals surface area contributed by atoms with Crippen LogP contribution in [0.25, 0.3) is 0 Å². The Hall–Kier alpha value is -2.52. The van der Waals surface area contributed by atoms with Crippen LogP contribution in [-0.2, 0) is 24.1 Å². The second-order valence-corrected chi connectivity index (χ2v) is 8.95. The zero-order chi connectivity index (χ0) is 22.3. The van der Waals surface area contributed by atoms with Gasteiger partial charge in [0.05, 0.1) is 17.9 Å². The van der Waals surface area contributed by atoms with Crippen LogP contribution in [0.3, 0.4) is 0 Å². The van der Waals surface area contributed by atoms with E-state index in [4.69, 9.17) is 16.3 Å². The Morgan fingerprint density at radius 1 is 1.07 bits per heavy atom. The van der Waals surface area contributed by atoms with Crippen LogP contribution in [0.5, 0.6) is 0 Å². The molecule has 10 heteroatoms. The zero-order valence-corrected chi connectivity index (χ0v) is 17.3. The number of esters is 1.